The Labute approximate surface area is 136 Å². The average Bonchev–Trinajstić information content (AvgIpc) is 2.42. The lowest BCUT2D eigenvalue weighted by atomic mass is 10.3. The van der Waals surface area contributed by atoms with Gasteiger partial charge in [0.25, 0.3) is 10.0 Å². The van der Waals surface area contributed by atoms with Gasteiger partial charge in [-0.05, 0) is 36.4 Å². The van der Waals surface area contributed by atoms with Crippen LogP contribution in [0.15, 0.2) is 45.8 Å². The lowest BCUT2D eigenvalue weighted by Crippen LogP contribution is -2.14. The molecule has 2 aromatic rings. The van der Waals surface area contributed by atoms with E-state index in [0.717, 1.165) is 0 Å². The summed E-state index contributed by atoms with van der Waals surface area (Å²) < 4.78 is 33.1. The number of methoxy groups -OCH3 is 1. The number of rotatable bonds is 4. The molecule has 0 unspecified atom stereocenters. The first-order valence-corrected chi connectivity index (χ1v) is 8.40. The van der Waals surface area contributed by atoms with Gasteiger partial charge in [0.05, 0.1) is 17.8 Å². The molecule has 0 saturated heterocycles. The number of nitrogen functional groups attached to an aromatic ring is 1. The summed E-state index contributed by atoms with van der Waals surface area (Å²) in [5.74, 6) is 0.197. The average molecular weight is 392 g/mol. The topological polar surface area (TPSA) is 81.4 Å². The SMILES string of the molecule is COc1ccc(N)cc1S(=O)(=O)Nc1cc(Br)ccc1Cl. The molecule has 0 amide bonds. The largest absolute Gasteiger partial charge is 0.495 e. The zero-order chi connectivity index (χ0) is 15.6. The molecule has 0 aliphatic rings. The van der Waals surface area contributed by atoms with E-state index < -0.39 is 10.0 Å². The van der Waals surface area contributed by atoms with Crippen molar-refractivity contribution < 1.29 is 13.2 Å². The molecule has 8 heteroatoms. The number of hydrogen-bond acceptors (Lipinski definition) is 4. The van der Waals surface area contributed by atoms with E-state index in [-0.39, 0.29) is 21.4 Å². The molecule has 0 aliphatic heterocycles. The summed E-state index contributed by atoms with van der Waals surface area (Å²) in [6, 6.07) is 9.24. The molecule has 0 atom stereocenters. The van der Waals surface area contributed by atoms with E-state index in [1.54, 1.807) is 24.3 Å². The van der Waals surface area contributed by atoms with Crippen molar-refractivity contribution in [1.82, 2.24) is 0 Å². The first kappa shape index (κ1) is 15.9. The van der Waals surface area contributed by atoms with E-state index in [1.165, 1.54) is 19.2 Å². The van der Waals surface area contributed by atoms with Crippen LogP contribution in [-0.2, 0) is 10.0 Å². The fourth-order valence-electron chi connectivity index (χ4n) is 1.68. The molecular weight excluding hydrogens is 380 g/mol. The van der Waals surface area contributed by atoms with Crippen LogP contribution in [0.25, 0.3) is 0 Å². The Morgan fingerprint density at radius 1 is 1.24 bits per heavy atom. The molecular formula is C13H12BrClN2O3S. The molecule has 5 nitrogen and oxygen atoms in total. The molecule has 0 aromatic heterocycles. The maximum atomic E-state index is 12.5. The third-order valence-corrected chi connectivity index (χ3v) is 4.86. The second kappa shape index (κ2) is 6.13. The minimum atomic E-state index is -3.88. The van der Waals surface area contributed by atoms with Crippen molar-refractivity contribution >= 4 is 48.9 Å². The number of hydrogen-bond donors (Lipinski definition) is 2. The van der Waals surface area contributed by atoms with Gasteiger partial charge in [0, 0.05) is 10.2 Å². The first-order valence-electron chi connectivity index (χ1n) is 5.75. The standard InChI is InChI=1S/C13H12BrClN2O3S/c1-20-12-5-3-9(16)7-13(12)21(18,19)17-11-6-8(14)2-4-10(11)15/h2-7,17H,16H2,1H3. The number of anilines is 2. The van der Waals surface area contributed by atoms with Crippen LogP contribution >= 0.6 is 27.5 Å². The molecule has 112 valence electrons. The molecule has 0 bridgehead atoms. The molecule has 0 aliphatic carbocycles. The molecule has 3 N–H and O–H groups in total. The minimum absolute atomic E-state index is 0.0546. The van der Waals surface area contributed by atoms with Crippen molar-refractivity contribution in [2.45, 2.75) is 4.90 Å². The van der Waals surface area contributed by atoms with Crippen LogP contribution in [0.3, 0.4) is 0 Å². The highest BCUT2D eigenvalue weighted by molar-refractivity contribution is 9.10. The Morgan fingerprint density at radius 2 is 1.95 bits per heavy atom. The van der Waals surface area contributed by atoms with Crippen molar-refractivity contribution in [3.8, 4) is 5.75 Å². The van der Waals surface area contributed by atoms with Crippen LogP contribution in [0.1, 0.15) is 0 Å². The Balaban J connectivity index is 2.48. The van der Waals surface area contributed by atoms with Crippen LogP contribution in [0, 0.1) is 0 Å². The molecule has 2 rings (SSSR count). The predicted octanol–water partition coefficient (Wildman–Crippen LogP) is 3.49. The monoisotopic (exact) mass is 390 g/mol. The van der Waals surface area contributed by atoms with Crippen molar-refractivity contribution in [3.63, 3.8) is 0 Å². The maximum Gasteiger partial charge on any atom is 0.265 e. The third-order valence-electron chi connectivity index (χ3n) is 2.65. The van der Waals surface area contributed by atoms with E-state index in [0.29, 0.717) is 10.2 Å². The minimum Gasteiger partial charge on any atom is -0.495 e. The number of sulfonamides is 1. The van der Waals surface area contributed by atoms with Crippen molar-refractivity contribution in [2.24, 2.45) is 0 Å². The fourth-order valence-corrected chi connectivity index (χ4v) is 3.54. The van der Waals surface area contributed by atoms with Gasteiger partial charge in [0.15, 0.2) is 0 Å². The van der Waals surface area contributed by atoms with Gasteiger partial charge in [-0.15, -0.1) is 0 Å². The van der Waals surface area contributed by atoms with Gasteiger partial charge in [-0.25, -0.2) is 8.42 Å². The Kier molecular flexibility index (Phi) is 4.65. The molecule has 2 aromatic carbocycles. The first-order chi connectivity index (χ1) is 9.83. The molecule has 0 spiro atoms. The van der Waals surface area contributed by atoms with Crippen LogP contribution in [0.4, 0.5) is 11.4 Å². The normalized spacial score (nSPS) is 11.2. The van der Waals surface area contributed by atoms with E-state index >= 15 is 0 Å². The van der Waals surface area contributed by atoms with Crippen LogP contribution in [-0.4, -0.2) is 15.5 Å². The van der Waals surface area contributed by atoms with Gasteiger partial charge in [-0.2, -0.15) is 0 Å². The number of benzene rings is 2. The highest BCUT2D eigenvalue weighted by Gasteiger charge is 2.21. The van der Waals surface area contributed by atoms with E-state index in [2.05, 4.69) is 20.7 Å². The molecule has 0 heterocycles. The lowest BCUT2D eigenvalue weighted by Gasteiger charge is -2.13. The van der Waals surface area contributed by atoms with E-state index in [1.807, 2.05) is 0 Å². The molecule has 21 heavy (non-hydrogen) atoms. The van der Waals surface area contributed by atoms with E-state index in [9.17, 15) is 8.42 Å². The zero-order valence-corrected chi connectivity index (χ0v) is 14.1. The maximum absolute atomic E-state index is 12.5. The number of nitrogens with one attached hydrogen (secondary N) is 1. The van der Waals surface area contributed by atoms with Gasteiger partial charge in [0.2, 0.25) is 0 Å². The predicted molar refractivity (Wildman–Crippen MR) is 87.4 cm³/mol. The fraction of sp³-hybridized carbons (Fsp3) is 0.0769. The number of nitrogens with two attached hydrogens (primary N) is 1. The smallest absolute Gasteiger partial charge is 0.265 e. The van der Waals surface area contributed by atoms with Crippen LogP contribution in [0.2, 0.25) is 5.02 Å². The van der Waals surface area contributed by atoms with Gasteiger partial charge in [-0.3, -0.25) is 4.72 Å². The lowest BCUT2D eigenvalue weighted by molar-refractivity contribution is 0.403. The third kappa shape index (κ3) is 3.61. The second-order valence-electron chi connectivity index (χ2n) is 4.14. The van der Waals surface area contributed by atoms with Gasteiger partial charge < -0.3 is 10.5 Å². The van der Waals surface area contributed by atoms with Gasteiger partial charge in [0.1, 0.15) is 10.6 Å². The quantitative estimate of drug-likeness (QED) is 0.782. The van der Waals surface area contributed by atoms with Crippen molar-refractivity contribution in [3.05, 3.63) is 45.9 Å². The van der Waals surface area contributed by atoms with Crippen LogP contribution in [0.5, 0.6) is 5.75 Å². The zero-order valence-electron chi connectivity index (χ0n) is 10.9. The number of ether oxygens (including phenoxy) is 1. The highest BCUT2D eigenvalue weighted by Crippen LogP contribution is 2.31. The summed E-state index contributed by atoms with van der Waals surface area (Å²) in [4.78, 5) is -0.0546. The molecule has 0 fully saturated rings. The second-order valence-corrected chi connectivity index (χ2v) is 7.11. The molecule has 0 saturated carbocycles. The summed E-state index contributed by atoms with van der Waals surface area (Å²) >= 11 is 9.25. The van der Waals surface area contributed by atoms with Gasteiger partial charge >= 0.3 is 0 Å². The van der Waals surface area contributed by atoms with Crippen molar-refractivity contribution in [1.29, 1.82) is 0 Å². The summed E-state index contributed by atoms with van der Waals surface area (Å²) in [5, 5.41) is 0.282. The summed E-state index contributed by atoms with van der Waals surface area (Å²) in [6.45, 7) is 0. The number of halogens is 2. The van der Waals surface area contributed by atoms with Crippen LogP contribution < -0.4 is 15.2 Å². The summed E-state index contributed by atoms with van der Waals surface area (Å²) in [7, 11) is -2.49. The Bertz CT molecular complexity index is 781. The van der Waals surface area contributed by atoms with E-state index in [4.69, 9.17) is 22.1 Å². The highest BCUT2D eigenvalue weighted by atomic mass is 79.9. The summed E-state index contributed by atoms with van der Waals surface area (Å²) in [6.07, 6.45) is 0. The summed E-state index contributed by atoms with van der Waals surface area (Å²) in [5.41, 5.74) is 6.22. The van der Waals surface area contributed by atoms with Gasteiger partial charge in [-0.1, -0.05) is 27.5 Å². The Morgan fingerprint density at radius 3 is 2.62 bits per heavy atom. The Hall–Kier alpha value is -1.44. The van der Waals surface area contributed by atoms with Crippen molar-refractivity contribution in [2.75, 3.05) is 17.6 Å². The molecule has 0 radical (unpaired) electrons.